The van der Waals surface area contributed by atoms with Gasteiger partial charge in [-0.15, -0.1) is 0 Å². The van der Waals surface area contributed by atoms with Gasteiger partial charge < -0.3 is 9.84 Å². The number of nitrogens with zero attached hydrogens (tertiary/aromatic N) is 1. The lowest BCUT2D eigenvalue weighted by molar-refractivity contribution is -0.0232. The highest BCUT2D eigenvalue weighted by molar-refractivity contribution is 7.89. The highest BCUT2D eigenvalue weighted by atomic mass is 32.2. The number of carbonyl (C=O) groups is 1. The molecule has 0 aliphatic carbocycles. The minimum atomic E-state index is -3.63. The Hall–Kier alpha value is -1.44. The van der Waals surface area contributed by atoms with Gasteiger partial charge in [-0.1, -0.05) is 0 Å². The molecule has 1 saturated heterocycles. The van der Waals surface area contributed by atoms with Crippen LogP contribution in [0.15, 0.2) is 29.2 Å². The van der Waals surface area contributed by atoms with E-state index < -0.39 is 16.0 Å². The maximum atomic E-state index is 12.5. The Morgan fingerprint density at radius 2 is 1.90 bits per heavy atom. The normalized spacial score (nSPS) is 24.5. The third kappa shape index (κ3) is 2.70. The Kier molecular flexibility index (Phi) is 4.12. The lowest BCUT2D eigenvalue weighted by Crippen LogP contribution is -2.51. The summed E-state index contributed by atoms with van der Waals surface area (Å²) in [7, 11) is -3.63. The van der Waals surface area contributed by atoms with E-state index in [9.17, 15) is 13.2 Å². The highest BCUT2D eigenvalue weighted by Crippen LogP contribution is 2.23. The molecular weight excluding hydrogens is 282 g/mol. The predicted octanol–water partition coefficient (Wildman–Crippen LogP) is 1.18. The number of hydrogen-bond acceptors (Lipinski definition) is 4. The van der Waals surface area contributed by atoms with Crippen molar-refractivity contribution in [2.24, 2.45) is 0 Å². The molecule has 7 heteroatoms. The Morgan fingerprint density at radius 3 is 2.45 bits per heavy atom. The summed E-state index contributed by atoms with van der Waals surface area (Å²) < 4.78 is 31.9. The van der Waals surface area contributed by atoms with E-state index >= 15 is 0 Å². The summed E-state index contributed by atoms with van der Waals surface area (Å²) in [5.74, 6) is -1.08. The molecular formula is C13H17NO5S. The summed E-state index contributed by atoms with van der Waals surface area (Å²) in [6.07, 6.45) is -0.170. The van der Waals surface area contributed by atoms with Gasteiger partial charge in [0.05, 0.1) is 23.2 Å². The standard InChI is InChI=1S/C13H17NO5S/c1-9-10(2)19-8-7-14(9)20(17,18)12-5-3-11(4-6-12)13(15)16/h3-6,9-10H,7-8H2,1-2H3,(H,15,16). The number of rotatable bonds is 3. The van der Waals surface area contributed by atoms with Gasteiger partial charge in [0, 0.05) is 12.6 Å². The van der Waals surface area contributed by atoms with Crippen LogP contribution in [0.4, 0.5) is 0 Å². The van der Waals surface area contributed by atoms with Crippen molar-refractivity contribution in [3.63, 3.8) is 0 Å². The minimum absolute atomic E-state index is 0.0624. The summed E-state index contributed by atoms with van der Waals surface area (Å²) >= 11 is 0. The number of morpholine rings is 1. The largest absolute Gasteiger partial charge is 0.478 e. The van der Waals surface area contributed by atoms with E-state index in [1.807, 2.05) is 6.92 Å². The van der Waals surface area contributed by atoms with Gasteiger partial charge in [0.25, 0.3) is 0 Å². The van der Waals surface area contributed by atoms with Gasteiger partial charge in [-0.25, -0.2) is 13.2 Å². The van der Waals surface area contributed by atoms with Crippen molar-refractivity contribution < 1.29 is 23.1 Å². The van der Waals surface area contributed by atoms with Gasteiger partial charge in [-0.05, 0) is 38.1 Å². The Balaban J connectivity index is 2.32. The van der Waals surface area contributed by atoms with Crippen LogP contribution in [0.3, 0.4) is 0 Å². The van der Waals surface area contributed by atoms with E-state index in [4.69, 9.17) is 9.84 Å². The molecule has 0 bridgehead atoms. The molecule has 0 spiro atoms. The molecule has 6 nitrogen and oxygen atoms in total. The van der Waals surface area contributed by atoms with Crippen molar-refractivity contribution in [3.05, 3.63) is 29.8 Å². The van der Waals surface area contributed by atoms with Crippen molar-refractivity contribution in [2.45, 2.75) is 30.9 Å². The van der Waals surface area contributed by atoms with Crippen LogP contribution in [0.1, 0.15) is 24.2 Å². The van der Waals surface area contributed by atoms with Crippen LogP contribution < -0.4 is 0 Å². The van der Waals surface area contributed by atoms with Gasteiger partial charge in [-0.2, -0.15) is 4.31 Å². The summed E-state index contributed by atoms with van der Waals surface area (Å²) in [6, 6.07) is 4.98. The van der Waals surface area contributed by atoms with E-state index in [1.165, 1.54) is 28.6 Å². The molecule has 1 N–H and O–H groups in total. The zero-order valence-corrected chi connectivity index (χ0v) is 12.1. The third-order valence-electron chi connectivity index (χ3n) is 3.53. The molecule has 1 aliphatic rings. The van der Waals surface area contributed by atoms with Crippen LogP contribution >= 0.6 is 0 Å². The van der Waals surface area contributed by atoms with Crippen LogP contribution in [0.5, 0.6) is 0 Å². The van der Waals surface area contributed by atoms with E-state index in [2.05, 4.69) is 0 Å². The Labute approximate surface area is 118 Å². The number of hydrogen-bond donors (Lipinski definition) is 1. The lowest BCUT2D eigenvalue weighted by atomic mass is 10.2. The zero-order chi connectivity index (χ0) is 14.9. The first-order valence-corrected chi connectivity index (χ1v) is 7.75. The minimum Gasteiger partial charge on any atom is -0.478 e. The second kappa shape index (κ2) is 5.51. The monoisotopic (exact) mass is 299 g/mol. The van der Waals surface area contributed by atoms with E-state index in [0.717, 1.165) is 0 Å². The van der Waals surface area contributed by atoms with E-state index in [-0.39, 0.29) is 22.6 Å². The van der Waals surface area contributed by atoms with Crippen molar-refractivity contribution in [1.82, 2.24) is 4.31 Å². The molecule has 1 aromatic carbocycles. The van der Waals surface area contributed by atoms with Crippen LogP contribution in [0.25, 0.3) is 0 Å². The lowest BCUT2D eigenvalue weighted by Gasteiger charge is -2.36. The summed E-state index contributed by atoms with van der Waals surface area (Å²) in [6.45, 7) is 4.29. The van der Waals surface area contributed by atoms with Crippen molar-refractivity contribution in [1.29, 1.82) is 0 Å². The molecule has 2 rings (SSSR count). The van der Waals surface area contributed by atoms with Gasteiger partial charge >= 0.3 is 5.97 Å². The maximum Gasteiger partial charge on any atom is 0.335 e. The maximum absolute atomic E-state index is 12.5. The van der Waals surface area contributed by atoms with E-state index in [1.54, 1.807) is 6.92 Å². The molecule has 0 radical (unpaired) electrons. The number of carboxylic acid groups (broad SMARTS) is 1. The molecule has 2 atom stereocenters. The second-order valence-corrected chi connectivity index (χ2v) is 6.65. The van der Waals surface area contributed by atoms with Crippen molar-refractivity contribution >= 4 is 16.0 Å². The topological polar surface area (TPSA) is 83.9 Å². The first-order valence-electron chi connectivity index (χ1n) is 6.31. The van der Waals surface area contributed by atoms with Crippen LogP contribution in [0.2, 0.25) is 0 Å². The Morgan fingerprint density at radius 1 is 1.30 bits per heavy atom. The number of carboxylic acids is 1. The van der Waals surface area contributed by atoms with Crippen molar-refractivity contribution in [2.75, 3.05) is 13.2 Å². The average molecular weight is 299 g/mol. The number of aromatic carboxylic acids is 1. The third-order valence-corrected chi connectivity index (χ3v) is 5.53. The molecule has 110 valence electrons. The van der Waals surface area contributed by atoms with Crippen LogP contribution in [-0.4, -0.2) is 49.1 Å². The Bertz CT molecular complexity index is 596. The molecule has 2 unspecified atom stereocenters. The smallest absolute Gasteiger partial charge is 0.335 e. The zero-order valence-electron chi connectivity index (χ0n) is 11.3. The molecule has 20 heavy (non-hydrogen) atoms. The predicted molar refractivity (Wildman–Crippen MR) is 72.2 cm³/mol. The van der Waals surface area contributed by atoms with Gasteiger partial charge in [-0.3, -0.25) is 0 Å². The van der Waals surface area contributed by atoms with Crippen LogP contribution in [0, 0.1) is 0 Å². The van der Waals surface area contributed by atoms with Crippen LogP contribution in [-0.2, 0) is 14.8 Å². The molecule has 0 amide bonds. The molecule has 1 aromatic rings. The SMILES string of the molecule is CC1OCCN(S(=O)(=O)c2ccc(C(=O)O)cc2)C1C. The highest BCUT2D eigenvalue weighted by Gasteiger charge is 2.35. The van der Waals surface area contributed by atoms with Crippen molar-refractivity contribution in [3.8, 4) is 0 Å². The molecule has 1 fully saturated rings. The number of benzene rings is 1. The fraction of sp³-hybridized carbons (Fsp3) is 0.462. The van der Waals surface area contributed by atoms with E-state index in [0.29, 0.717) is 13.2 Å². The molecule has 0 aromatic heterocycles. The first kappa shape index (κ1) is 15.0. The number of sulfonamides is 1. The summed E-state index contributed by atoms with van der Waals surface area (Å²) in [4.78, 5) is 10.9. The summed E-state index contributed by atoms with van der Waals surface area (Å²) in [5.41, 5.74) is 0.0624. The average Bonchev–Trinajstić information content (AvgIpc) is 2.41. The second-order valence-electron chi connectivity index (χ2n) is 4.76. The summed E-state index contributed by atoms with van der Waals surface area (Å²) in [5, 5.41) is 8.83. The van der Waals surface area contributed by atoms with Gasteiger partial charge in [0.1, 0.15) is 0 Å². The van der Waals surface area contributed by atoms with Gasteiger partial charge in [0.2, 0.25) is 10.0 Å². The quantitative estimate of drug-likeness (QED) is 0.906. The molecule has 1 heterocycles. The fourth-order valence-corrected chi connectivity index (χ4v) is 3.82. The molecule has 1 aliphatic heterocycles. The fourth-order valence-electron chi connectivity index (χ4n) is 2.15. The molecule has 0 saturated carbocycles. The number of ether oxygens (including phenoxy) is 1. The first-order chi connectivity index (χ1) is 9.34. The van der Waals surface area contributed by atoms with Gasteiger partial charge in [0.15, 0.2) is 0 Å².